The van der Waals surface area contributed by atoms with Crippen LogP contribution in [0.2, 0.25) is 0 Å². The lowest BCUT2D eigenvalue weighted by Crippen LogP contribution is -2.09. The molecule has 0 aliphatic rings. The van der Waals surface area contributed by atoms with E-state index in [0.29, 0.717) is 0 Å². The highest BCUT2D eigenvalue weighted by Gasteiger charge is 2.07. The molecule has 10 heavy (non-hydrogen) atoms. The molecular weight excluding hydrogens is 196 g/mol. The van der Waals surface area contributed by atoms with Gasteiger partial charge in [0.15, 0.2) is 0 Å². The quantitative estimate of drug-likeness (QED) is 0.493. The Morgan fingerprint density at radius 2 is 2.20 bits per heavy atom. The van der Waals surface area contributed by atoms with Crippen molar-refractivity contribution in [3.05, 3.63) is 0 Å². The fourth-order valence-electron chi connectivity index (χ4n) is 0.337. The van der Waals surface area contributed by atoms with E-state index in [0.717, 1.165) is 0 Å². The molecule has 0 aromatic carbocycles. The van der Waals surface area contributed by atoms with Crippen LogP contribution in [-0.4, -0.2) is 32.2 Å². The molecule has 0 rings (SSSR count). The normalized spacial score (nSPS) is 11.8. The van der Waals surface area contributed by atoms with Crippen LogP contribution in [0.5, 0.6) is 0 Å². The van der Waals surface area contributed by atoms with E-state index in [1.807, 2.05) is 0 Å². The molecule has 0 aliphatic heterocycles. The molecular formula is C4H9ClO3S2. The average molecular weight is 205 g/mol. The maximum absolute atomic E-state index is 10.7. The summed E-state index contributed by atoms with van der Waals surface area (Å²) in [5.74, 6) is 0.202. The highest BCUT2D eigenvalue weighted by molar-refractivity contribution is 8.10. The number of hydrogen-bond donors (Lipinski definition) is 0. The van der Waals surface area contributed by atoms with Crippen molar-refractivity contribution in [3.8, 4) is 0 Å². The predicted octanol–water partition coefficient (Wildman–Crippen LogP) is 0.892. The van der Waals surface area contributed by atoms with Gasteiger partial charge in [0.2, 0.25) is 0 Å². The van der Waals surface area contributed by atoms with E-state index in [1.165, 1.54) is 11.8 Å². The minimum absolute atomic E-state index is 0.0100. The summed E-state index contributed by atoms with van der Waals surface area (Å²) in [5, 5.41) is -0.0100. The maximum Gasteiger partial charge on any atom is 0.276 e. The highest BCUT2D eigenvalue weighted by atomic mass is 35.5. The first-order chi connectivity index (χ1) is 4.62. The Morgan fingerprint density at radius 1 is 1.60 bits per heavy atom. The predicted molar refractivity (Wildman–Crippen MR) is 44.0 cm³/mol. The topological polar surface area (TPSA) is 43.4 Å². The summed E-state index contributed by atoms with van der Waals surface area (Å²) < 4.78 is 25.8. The first-order valence-electron chi connectivity index (χ1n) is 2.54. The van der Waals surface area contributed by atoms with Gasteiger partial charge in [-0.3, -0.25) is 4.18 Å². The van der Waals surface area contributed by atoms with Gasteiger partial charge in [-0.2, -0.15) is 8.42 Å². The molecule has 0 aromatic rings. The first-order valence-corrected chi connectivity index (χ1v) is 6.05. The second-order valence-corrected chi connectivity index (χ2v) is 4.72. The molecule has 0 amide bonds. The fourth-order valence-corrected chi connectivity index (χ4v) is 2.27. The van der Waals surface area contributed by atoms with Gasteiger partial charge in [-0.05, 0) is 6.26 Å². The van der Waals surface area contributed by atoms with E-state index in [1.54, 1.807) is 6.26 Å². The largest absolute Gasteiger partial charge is 0.276 e. The minimum atomic E-state index is -3.32. The molecule has 0 atom stereocenters. The standard InChI is InChI=1S/C4H9ClO3S2/c1-9-4-10(6,7)8-3-2-5/h2-4H2,1H3. The summed E-state index contributed by atoms with van der Waals surface area (Å²) >= 11 is 6.41. The zero-order valence-corrected chi connectivity index (χ0v) is 7.93. The molecule has 0 unspecified atom stereocenters. The number of hydrogen-bond acceptors (Lipinski definition) is 4. The van der Waals surface area contributed by atoms with Gasteiger partial charge in [0.25, 0.3) is 10.1 Å². The van der Waals surface area contributed by atoms with Crippen molar-refractivity contribution in [1.29, 1.82) is 0 Å². The Labute approximate surface area is 70.2 Å². The molecule has 0 heterocycles. The lowest BCUT2D eigenvalue weighted by molar-refractivity contribution is 0.343. The van der Waals surface area contributed by atoms with Crippen molar-refractivity contribution in [2.24, 2.45) is 0 Å². The number of alkyl halides is 1. The second kappa shape index (κ2) is 5.23. The molecule has 0 saturated carbocycles. The van der Waals surface area contributed by atoms with Crippen molar-refractivity contribution in [3.63, 3.8) is 0 Å². The van der Waals surface area contributed by atoms with Crippen molar-refractivity contribution in [2.75, 3.05) is 23.8 Å². The van der Waals surface area contributed by atoms with Crippen LogP contribution in [0, 0.1) is 0 Å². The molecule has 6 heteroatoms. The molecule has 0 fully saturated rings. The van der Waals surface area contributed by atoms with Gasteiger partial charge in [0, 0.05) is 5.88 Å². The van der Waals surface area contributed by atoms with Crippen LogP contribution in [0.15, 0.2) is 0 Å². The SMILES string of the molecule is CSCS(=O)(=O)OCCCl. The Balaban J connectivity index is 3.65. The number of halogens is 1. The van der Waals surface area contributed by atoms with E-state index < -0.39 is 10.1 Å². The Bertz CT molecular complexity index is 165. The summed E-state index contributed by atoms with van der Waals surface area (Å²) in [5.41, 5.74) is 0. The van der Waals surface area contributed by atoms with Gasteiger partial charge < -0.3 is 0 Å². The van der Waals surface area contributed by atoms with E-state index in [9.17, 15) is 8.42 Å². The zero-order valence-electron chi connectivity index (χ0n) is 5.54. The molecule has 3 nitrogen and oxygen atoms in total. The van der Waals surface area contributed by atoms with E-state index in [4.69, 9.17) is 11.6 Å². The maximum atomic E-state index is 10.7. The van der Waals surface area contributed by atoms with Gasteiger partial charge in [-0.15, -0.1) is 23.4 Å². The first kappa shape index (κ1) is 10.6. The van der Waals surface area contributed by atoms with E-state index >= 15 is 0 Å². The zero-order chi connectivity index (χ0) is 8.04. The summed E-state index contributed by atoms with van der Waals surface area (Å²) in [6.45, 7) is 0.0600. The van der Waals surface area contributed by atoms with Crippen LogP contribution in [0.1, 0.15) is 0 Å². The van der Waals surface area contributed by atoms with Crippen LogP contribution in [0.25, 0.3) is 0 Å². The lowest BCUT2D eigenvalue weighted by atomic mass is 10.9. The monoisotopic (exact) mass is 204 g/mol. The molecule has 0 aliphatic carbocycles. The van der Waals surface area contributed by atoms with Gasteiger partial charge in [0.05, 0.1) is 6.61 Å². The van der Waals surface area contributed by atoms with Crippen molar-refractivity contribution in [2.45, 2.75) is 0 Å². The molecule has 62 valence electrons. The summed E-state index contributed by atoms with van der Waals surface area (Å²) in [6, 6.07) is 0. The number of thioether (sulfide) groups is 1. The van der Waals surface area contributed by atoms with Gasteiger partial charge in [0.1, 0.15) is 5.08 Å². The van der Waals surface area contributed by atoms with Gasteiger partial charge in [-0.1, -0.05) is 0 Å². The van der Waals surface area contributed by atoms with Crippen molar-refractivity contribution >= 4 is 33.5 Å². The third kappa shape index (κ3) is 5.34. The summed E-state index contributed by atoms with van der Waals surface area (Å²) in [6.07, 6.45) is 1.70. The van der Waals surface area contributed by atoms with Gasteiger partial charge in [-0.25, -0.2) is 0 Å². The molecule has 0 radical (unpaired) electrons. The van der Waals surface area contributed by atoms with Crippen LogP contribution >= 0.6 is 23.4 Å². The molecule has 0 bridgehead atoms. The van der Waals surface area contributed by atoms with Crippen LogP contribution in [0.3, 0.4) is 0 Å². The summed E-state index contributed by atoms with van der Waals surface area (Å²) in [7, 11) is -3.32. The fraction of sp³-hybridized carbons (Fsp3) is 1.00. The van der Waals surface area contributed by atoms with E-state index in [2.05, 4.69) is 4.18 Å². The Morgan fingerprint density at radius 3 is 2.60 bits per heavy atom. The second-order valence-electron chi connectivity index (χ2n) is 1.48. The molecule has 0 aromatic heterocycles. The number of rotatable bonds is 5. The Hall–Kier alpha value is 0.550. The van der Waals surface area contributed by atoms with E-state index in [-0.39, 0.29) is 17.6 Å². The third-order valence-electron chi connectivity index (χ3n) is 0.602. The third-order valence-corrected chi connectivity index (χ3v) is 3.38. The summed E-state index contributed by atoms with van der Waals surface area (Å²) in [4.78, 5) is 0. The highest BCUT2D eigenvalue weighted by Crippen LogP contribution is 2.02. The smallest absolute Gasteiger partial charge is 0.268 e. The van der Waals surface area contributed by atoms with Crippen molar-refractivity contribution < 1.29 is 12.6 Å². The minimum Gasteiger partial charge on any atom is -0.268 e. The van der Waals surface area contributed by atoms with Crippen LogP contribution < -0.4 is 0 Å². The van der Waals surface area contributed by atoms with Crippen LogP contribution in [-0.2, 0) is 14.3 Å². The molecule has 0 spiro atoms. The Kier molecular flexibility index (Phi) is 5.52. The molecule has 0 N–H and O–H groups in total. The average Bonchev–Trinajstić information content (AvgIpc) is 1.84. The molecule has 0 saturated heterocycles. The van der Waals surface area contributed by atoms with Gasteiger partial charge >= 0.3 is 0 Å². The van der Waals surface area contributed by atoms with Crippen molar-refractivity contribution in [1.82, 2.24) is 0 Å². The van der Waals surface area contributed by atoms with Crippen LogP contribution in [0.4, 0.5) is 0 Å². The lowest BCUT2D eigenvalue weighted by Gasteiger charge is -1.99.